The van der Waals surface area contributed by atoms with Crippen molar-refractivity contribution in [2.45, 2.75) is 38.8 Å². The average molecular weight is 394 g/mol. The molecule has 0 aliphatic heterocycles. The largest absolute Gasteiger partial charge is 0.465 e. The van der Waals surface area contributed by atoms with E-state index in [1.807, 2.05) is 0 Å². The summed E-state index contributed by atoms with van der Waals surface area (Å²) in [5.41, 5.74) is -1.13. The molecule has 1 atom stereocenters. The normalized spacial score (nSPS) is 12.4. The molecule has 0 fully saturated rings. The zero-order valence-electron chi connectivity index (χ0n) is 15.7. The van der Waals surface area contributed by atoms with Crippen LogP contribution in [0.2, 0.25) is 0 Å². The van der Waals surface area contributed by atoms with E-state index >= 15 is 0 Å². The smallest absolute Gasteiger partial charge is 0.408 e. The molecule has 0 aromatic heterocycles. The number of amides is 2. The van der Waals surface area contributed by atoms with Crippen LogP contribution in [0.15, 0.2) is 42.5 Å². The molecule has 2 amide bonds. The molecule has 0 saturated heterocycles. The van der Waals surface area contributed by atoms with Gasteiger partial charge >= 0.3 is 6.09 Å². The van der Waals surface area contributed by atoms with E-state index < -0.39 is 46.7 Å². The number of hydrogen-bond donors (Lipinski definition) is 2. The van der Waals surface area contributed by atoms with Crippen LogP contribution < -0.4 is 5.32 Å². The Bertz CT molecular complexity index is 844. The first kappa shape index (κ1) is 21.3. The van der Waals surface area contributed by atoms with E-state index in [1.54, 1.807) is 51.1 Å². The topological polar surface area (TPSA) is 69.6 Å². The molecule has 2 N–H and O–H groups in total. The van der Waals surface area contributed by atoms with Crippen molar-refractivity contribution >= 4 is 17.7 Å². The van der Waals surface area contributed by atoms with Crippen molar-refractivity contribution in [1.82, 2.24) is 4.90 Å². The zero-order valence-corrected chi connectivity index (χ0v) is 15.7. The van der Waals surface area contributed by atoms with Gasteiger partial charge in [0.25, 0.3) is 0 Å². The van der Waals surface area contributed by atoms with E-state index in [2.05, 4.69) is 5.32 Å². The van der Waals surface area contributed by atoms with Gasteiger partial charge in [0.2, 0.25) is 5.91 Å². The van der Waals surface area contributed by atoms with Gasteiger partial charge < -0.3 is 10.4 Å². The molecule has 0 bridgehead atoms. The number of nitrogens with zero attached hydrogens (tertiary/aromatic N) is 1. The Labute approximate surface area is 160 Å². The predicted molar refractivity (Wildman–Crippen MR) is 98.5 cm³/mol. The highest BCUT2D eigenvalue weighted by atomic mass is 19.1. The van der Waals surface area contributed by atoms with E-state index in [9.17, 15) is 27.9 Å². The van der Waals surface area contributed by atoms with Crippen molar-refractivity contribution in [2.24, 2.45) is 0 Å². The Morgan fingerprint density at radius 2 is 1.61 bits per heavy atom. The Morgan fingerprint density at radius 3 is 2.07 bits per heavy atom. The number of benzene rings is 2. The second-order valence-electron chi connectivity index (χ2n) is 7.26. The summed E-state index contributed by atoms with van der Waals surface area (Å²) < 4.78 is 41.0. The first-order valence-corrected chi connectivity index (χ1v) is 8.52. The highest BCUT2D eigenvalue weighted by Crippen LogP contribution is 2.24. The quantitative estimate of drug-likeness (QED) is 0.788. The molecule has 0 aliphatic carbocycles. The second kappa shape index (κ2) is 8.33. The summed E-state index contributed by atoms with van der Waals surface area (Å²) >= 11 is 0. The minimum atomic E-state index is -1.36. The first-order valence-electron chi connectivity index (χ1n) is 8.52. The molecule has 2 aromatic rings. The first-order chi connectivity index (χ1) is 13.0. The summed E-state index contributed by atoms with van der Waals surface area (Å²) in [6.07, 6.45) is -1.37. The van der Waals surface area contributed by atoms with E-state index in [1.165, 1.54) is 0 Å². The third-order valence-corrected chi connectivity index (χ3v) is 4.07. The lowest BCUT2D eigenvalue weighted by Gasteiger charge is -2.38. The highest BCUT2D eigenvalue weighted by molar-refractivity contribution is 5.97. The molecule has 0 radical (unpaired) electrons. The molecule has 1 unspecified atom stereocenters. The fourth-order valence-corrected chi connectivity index (χ4v) is 2.89. The van der Waals surface area contributed by atoms with Crippen molar-refractivity contribution in [3.63, 3.8) is 0 Å². The van der Waals surface area contributed by atoms with E-state index in [4.69, 9.17) is 0 Å². The Hall–Kier alpha value is -3.03. The summed E-state index contributed by atoms with van der Waals surface area (Å²) in [4.78, 5) is 25.6. The molecule has 5 nitrogen and oxygen atoms in total. The number of nitrogens with one attached hydrogen (secondary N) is 1. The van der Waals surface area contributed by atoms with Crippen LogP contribution in [0, 0.1) is 17.5 Å². The van der Waals surface area contributed by atoms with Crippen LogP contribution in [0.3, 0.4) is 0 Å². The van der Waals surface area contributed by atoms with E-state index in [-0.39, 0.29) is 6.42 Å². The van der Waals surface area contributed by atoms with Gasteiger partial charge in [0.15, 0.2) is 11.6 Å². The van der Waals surface area contributed by atoms with Crippen molar-refractivity contribution in [1.29, 1.82) is 0 Å². The summed E-state index contributed by atoms with van der Waals surface area (Å²) in [6, 6.07) is 8.24. The number of rotatable bonds is 5. The van der Waals surface area contributed by atoms with Gasteiger partial charge in [-0.3, -0.25) is 9.69 Å². The summed E-state index contributed by atoms with van der Waals surface area (Å²) in [5.74, 6) is -4.63. The molecule has 0 aliphatic rings. The summed E-state index contributed by atoms with van der Waals surface area (Å²) in [7, 11) is 0. The van der Waals surface area contributed by atoms with Gasteiger partial charge in [0, 0.05) is 24.1 Å². The van der Waals surface area contributed by atoms with Crippen LogP contribution in [0.25, 0.3) is 0 Å². The number of carbonyl (C=O) groups is 2. The fraction of sp³-hybridized carbons (Fsp3) is 0.300. The summed E-state index contributed by atoms with van der Waals surface area (Å²) in [5, 5.41) is 11.7. The third-order valence-electron chi connectivity index (χ3n) is 4.07. The Kier molecular flexibility index (Phi) is 6.33. The van der Waals surface area contributed by atoms with Crippen LogP contribution in [-0.2, 0) is 11.2 Å². The predicted octanol–water partition coefficient (Wildman–Crippen LogP) is 4.43. The van der Waals surface area contributed by atoms with Crippen molar-refractivity contribution in [3.8, 4) is 0 Å². The Morgan fingerprint density at radius 1 is 1.07 bits per heavy atom. The average Bonchev–Trinajstić information content (AvgIpc) is 2.56. The molecule has 2 rings (SSSR count). The molecular weight excluding hydrogens is 373 g/mol. The van der Waals surface area contributed by atoms with Gasteiger partial charge in [-0.25, -0.2) is 18.0 Å². The van der Waals surface area contributed by atoms with Gasteiger partial charge in [-0.1, -0.05) is 30.3 Å². The molecule has 150 valence electrons. The number of halogens is 3. The van der Waals surface area contributed by atoms with Crippen LogP contribution in [0.4, 0.5) is 23.7 Å². The monoisotopic (exact) mass is 394 g/mol. The fourth-order valence-electron chi connectivity index (χ4n) is 2.89. The third kappa shape index (κ3) is 5.03. The zero-order chi connectivity index (χ0) is 21.1. The molecular formula is C20H21F3N2O3. The lowest BCUT2D eigenvalue weighted by molar-refractivity contribution is -0.122. The maximum Gasteiger partial charge on any atom is 0.408 e. The number of carboxylic acid groups (broad SMARTS) is 1. The lowest BCUT2D eigenvalue weighted by atomic mass is 9.97. The summed E-state index contributed by atoms with van der Waals surface area (Å²) in [6.45, 7) is 4.81. The minimum absolute atomic E-state index is 0.0132. The van der Waals surface area contributed by atoms with Crippen LogP contribution in [0.5, 0.6) is 0 Å². The maximum absolute atomic E-state index is 13.9. The van der Waals surface area contributed by atoms with Crippen molar-refractivity contribution < 1.29 is 27.9 Å². The SMILES string of the molecule is CC(C)(C)N(C(=O)O)C(Cc1ccccc1)C(=O)Nc1c(F)cc(F)cc1F. The lowest BCUT2D eigenvalue weighted by Crippen LogP contribution is -2.56. The molecule has 28 heavy (non-hydrogen) atoms. The second-order valence-corrected chi connectivity index (χ2v) is 7.26. The van der Waals surface area contributed by atoms with E-state index in [0.717, 1.165) is 4.90 Å². The molecule has 0 spiro atoms. The van der Waals surface area contributed by atoms with Gasteiger partial charge in [-0.05, 0) is 26.3 Å². The number of carbonyl (C=O) groups excluding carboxylic acids is 1. The number of anilines is 1. The van der Waals surface area contributed by atoms with Gasteiger partial charge in [0.1, 0.15) is 17.5 Å². The van der Waals surface area contributed by atoms with Crippen molar-refractivity contribution in [2.75, 3.05) is 5.32 Å². The van der Waals surface area contributed by atoms with Gasteiger partial charge in [-0.2, -0.15) is 0 Å². The Balaban J connectivity index is 2.43. The molecule has 8 heteroatoms. The van der Waals surface area contributed by atoms with Gasteiger partial charge in [0.05, 0.1) is 0 Å². The number of hydrogen-bond acceptors (Lipinski definition) is 2. The minimum Gasteiger partial charge on any atom is -0.465 e. The van der Waals surface area contributed by atoms with Crippen molar-refractivity contribution in [3.05, 3.63) is 65.5 Å². The van der Waals surface area contributed by atoms with Crippen LogP contribution in [0.1, 0.15) is 26.3 Å². The molecule has 2 aromatic carbocycles. The molecule has 0 saturated carbocycles. The highest BCUT2D eigenvalue weighted by Gasteiger charge is 2.38. The standard InChI is InChI=1S/C20H21F3N2O3/c1-20(2,3)25(19(27)28)16(9-12-7-5-4-6-8-12)18(26)24-17-14(22)10-13(21)11-15(17)23/h4-8,10-11,16H,9H2,1-3H3,(H,24,26)(H,27,28). The van der Waals surface area contributed by atoms with Crippen LogP contribution in [-0.4, -0.2) is 33.6 Å². The molecule has 0 heterocycles. The van der Waals surface area contributed by atoms with Crippen LogP contribution >= 0.6 is 0 Å². The maximum atomic E-state index is 13.9. The van der Waals surface area contributed by atoms with Gasteiger partial charge in [-0.15, -0.1) is 0 Å². The van der Waals surface area contributed by atoms with E-state index in [0.29, 0.717) is 17.7 Å².